The molecule has 0 bridgehead atoms. The summed E-state index contributed by atoms with van der Waals surface area (Å²) < 4.78 is 7.73. The van der Waals surface area contributed by atoms with Crippen LogP contribution in [0.15, 0.2) is 42.7 Å². The van der Waals surface area contributed by atoms with E-state index in [-0.39, 0.29) is 18.4 Å². The molecule has 0 saturated heterocycles. The van der Waals surface area contributed by atoms with Crippen molar-refractivity contribution < 1.29 is 4.74 Å². The number of nitrogens with one attached hydrogen (secondary N) is 1. The molecular formula is C19H22ClN3O. The summed E-state index contributed by atoms with van der Waals surface area (Å²) in [4.78, 5) is 4.30. The lowest BCUT2D eigenvalue weighted by Crippen LogP contribution is -2.38. The molecule has 3 aromatic rings. The summed E-state index contributed by atoms with van der Waals surface area (Å²) in [6, 6.07) is 11.1. The third-order valence-corrected chi connectivity index (χ3v) is 4.81. The van der Waals surface area contributed by atoms with Crippen molar-refractivity contribution in [1.29, 1.82) is 0 Å². The Morgan fingerprint density at radius 2 is 2.12 bits per heavy atom. The molecule has 2 unspecified atom stereocenters. The highest BCUT2D eigenvalue weighted by Gasteiger charge is 2.30. The zero-order valence-electron chi connectivity index (χ0n) is 14.1. The van der Waals surface area contributed by atoms with Crippen molar-refractivity contribution in [3.05, 3.63) is 59.5 Å². The van der Waals surface area contributed by atoms with E-state index in [1.54, 1.807) is 7.11 Å². The van der Waals surface area contributed by atoms with Gasteiger partial charge in [0.05, 0.1) is 13.2 Å². The summed E-state index contributed by atoms with van der Waals surface area (Å²) in [6.45, 7) is 2.24. The van der Waals surface area contributed by atoms with Gasteiger partial charge in [0, 0.05) is 42.1 Å². The van der Waals surface area contributed by atoms with E-state index in [1.165, 1.54) is 27.7 Å². The maximum atomic E-state index is 5.43. The molecule has 1 aliphatic heterocycles. The lowest BCUT2D eigenvalue weighted by atomic mass is 9.91. The van der Waals surface area contributed by atoms with Crippen LogP contribution in [0, 0.1) is 0 Å². The Morgan fingerprint density at radius 1 is 1.29 bits per heavy atom. The van der Waals surface area contributed by atoms with Crippen molar-refractivity contribution in [2.45, 2.75) is 25.4 Å². The van der Waals surface area contributed by atoms with Crippen LogP contribution in [0.4, 0.5) is 0 Å². The number of nitrogens with zero attached hydrogens (tertiary/aromatic N) is 2. The largest absolute Gasteiger partial charge is 0.497 e. The van der Waals surface area contributed by atoms with E-state index in [2.05, 4.69) is 47.0 Å². The topological polar surface area (TPSA) is 39.1 Å². The number of aromatic nitrogens is 2. The first-order valence-corrected chi connectivity index (χ1v) is 8.00. The molecule has 4 rings (SSSR count). The third-order valence-electron chi connectivity index (χ3n) is 4.81. The maximum absolute atomic E-state index is 5.43. The van der Waals surface area contributed by atoms with Crippen LogP contribution in [0.1, 0.15) is 29.8 Å². The van der Waals surface area contributed by atoms with Crippen molar-refractivity contribution in [2.75, 3.05) is 7.11 Å². The van der Waals surface area contributed by atoms with Crippen molar-refractivity contribution in [2.24, 2.45) is 7.05 Å². The zero-order chi connectivity index (χ0) is 16.0. The molecule has 1 aromatic carbocycles. The summed E-state index contributed by atoms with van der Waals surface area (Å²) >= 11 is 0. The van der Waals surface area contributed by atoms with Crippen LogP contribution in [0.3, 0.4) is 0 Å². The van der Waals surface area contributed by atoms with E-state index in [9.17, 15) is 0 Å². The van der Waals surface area contributed by atoms with Crippen molar-refractivity contribution in [1.82, 2.24) is 14.9 Å². The Balaban J connectivity index is 0.00000169. The van der Waals surface area contributed by atoms with Gasteiger partial charge in [0.1, 0.15) is 5.75 Å². The summed E-state index contributed by atoms with van der Waals surface area (Å²) in [6.07, 6.45) is 4.80. The number of aryl methyl sites for hydroxylation is 1. The molecule has 2 atom stereocenters. The maximum Gasteiger partial charge on any atom is 0.119 e. The van der Waals surface area contributed by atoms with Gasteiger partial charge in [-0.1, -0.05) is 6.07 Å². The molecule has 0 radical (unpaired) electrons. The molecule has 0 spiro atoms. The van der Waals surface area contributed by atoms with Gasteiger partial charge in [-0.3, -0.25) is 4.98 Å². The van der Waals surface area contributed by atoms with Crippen LogP contribution in [0.2, 0.25) is 0 Å². The third kappa shape index (κ3) is 2.56. The van der Waals surface area contributed by atoms with Crippen LogP contribution in [-0.2, 0) is 13.5 Å². The number of halogens is 1. The average molecular weight is 344 g/mol. The van der Waals surface area contributed by atoms with Crippen LogP contribution in [0.25, 0.3) is 10.9 Å². The number of rotatable bonds is 2. The highest BCUT2D eigenvalue weighted by molar-refractivity contribution is 5.87. The summed E-state index contributed by atoms with van der Waals surface area (Å²) in [5, 5.41) is 5.02. The van der Waals surface area contributed by atoms with E-state index in [1.807, 2.05) is 24.5 Å². The molecule has 5 heteroatoms. The second kappa shape index (κ2) is 6.46. The van der Waals surface area contributed by atoms with Gasteiger partial charge in [0.2, 0.25) is 0 Å². The minimum absolute atomic E-state index is 0. The molecule has 0 aliphatic carbocycles. The predicted molar refractivity (Wildman–Crippen MR) is 99.1 cm³/mol. The Kier molecular flexibility index (Phi) is 4.52. The smallest absolute Gasteiger partial charge is 0.119 e. The molecule has 3 heterocycles. The molecule has 1 aliphatic rings. The summed E-state index contributed by atoms with van der Waals surface area (Å²) in [5.41, 5.74) is 5.21. The highest BCUT2D eigenvalue weighted by Crippen LogP contribution is 2.38. The minimum atomic E-state index is 0. The normalized spacial score (nSPS) is 19.6. The quantitative estimate of drug-likeness (QED) is 0.772. The van der Waals surface area contributed by atoms with Crippen molar-refractivity contribution in [3.63, 3.8) is 0 Å². The van der Waals surface area contributed by atoms with Crippen LogP contribution in [-0.4, -0.2) is 22.7 Å². The number of ether oxygens (including phenoxy) is 1. The van der Waals surface area contributed by atoms with Gasteiger partial charge < -0.3 is 14.6 Å². The molecule has 0 fully saturated rings. The molecule has 0 amide bonds. The van der Waals surface area contributed by atoms with Gasteiger partial charge in [-0.15, -0.1) is 12.4 Å². The Morgan fingerprint density at radius 3 is 2.83 bits per heavy atom. The van der Waals surface area contributed by atoms with Gasteiger partial charge in [-0.2, -0.15) is 0 Å². The lowest BCUT2D eigenvalue weighted by molar-refractivity contribution is 0.415. The van der Waals surface area contributed by atoms with E-state index in [0.717, 1.165) is 12.2 Å². The Bertz CT molecular complexity index is 860. The molecule has 24 heavy (non-hydrogen) atoms. The summed E-state index contributed by atoms with van der Waals surface area (Å²) in [5.74, 6) is 0.912. The minimum Gasteiger partial charge on any atom is -0.497 e. The fourth-order valence-corrected chi connectivity index (χ4v) is 3.76. The Hall–Kier alpha value is -2.04. The monoisotopic (exact) mass is 343 g/mol. The SMILES string of the molecule is COc1ccc2c(c1)c1c(n2C)C(c2cccnc2)NC(C)C1.Cl. The van der Waals surface area contributed by atoms with Gasteiger partial charge in [0.15, 0.2) is 0 Å². The van der Waals surface area contributed by atoms with E-state index in [4.69, 9.17) is 4.74 Å². The molecular weight excluding hydrogens is 322 g/mol. The number of methoxy groups -OCH3 is 1. The molecule has 126 valence electrons. The first-order chi connectivity index (χ1) is 11.2. The first-order valence-electron chi connectivity index (χ1n) is 8.00. The van der Waals surface area contributed by atoms with Crippen LogP contribution < -0.4 is 10.1 Å². The zero-order valence-corrected chi connectivity index (χ0v) is 14.9. The summed E-state index contributed by atoms with van der Waals surface area (Å²) in [7, 11) is 3.87. The van der Waals surface area contributed by atoms with Crippen LogP contribution in [0.5, 0.6) is 5.75 Å². The fraction of sp³-hybridized carbons (Fsp3) is 0.316. The standard InChI is InChI=1S/C19H21N3O.ClH/c1-12-9-16-15-10-14(23-3)6-7-17(15)22(2)19(16)18(21-12)13-5-4-8-20-11-13;/h4-8,10-12,18,21H,9H2,1-3H3;1H. The van der Waals surface area contributed by atoms with E-state index >= 15 is 0 Å². The van der Waals surface area contributed by atoms with Gasteiger partial charge >= 0.3 is 0 Å². The van der Waals surface area contributed by atoms with Crippen molar-refractivity contribution >= 4 is 23.3 Å². The van der Waals surface area contributed by atoms with E-state index in [0.29, 0.717) is 6.04 Å². The molecule has 1 N–H and O–H groups in total. The molecule has 4 nitrogen and oxygen atoms in total. The molecule has 2 aromatic heterocycles. The number of hydrogen-bond acceptors (Lipinski definition) is 3. The number of fused-ring (bicyclic) bond motifs is 3. The van der Waals surface area contributed by atoms with Gasteiger partial charge in [0.25, 0.3) is 0 Å². The fourth-order valence-electron chi connectivity index (χ4n) is 3.76. The first kappa shape index (κ1) is 16.8. The number of pyridine rings is 1. The Labute approximate surface area is 148 Å². The van der Waals surface area contributed by atoms with Crippen molar-refractivity contribution in [3.8, 4) is 5.75 Å². The van der Waals surface area contributed by atoms with Gasteiger partial charge in [-0.25, -0.2) is 0 Å². The number of benzene rings is 1. The second-order valence-electron chi connectivity index (χ2n) is 6.30. The van der Waals surface area contributed by atoms with Crippen LogP contribution >= 0.6 is 12.4 Å². The predicted octanol–water partition coefficient (Wildman–Crippen LogP) is 3.63. The van der Waals surface area contributed by atoms with Gasteiger partial charge in [-0.05, 0) is 48.7 Å². The average Bonchev–Trinajstić information content (AvgIpc) is 2.87. The highest BCUT2D eigenvalue weighted by atomic mass is 35.5. The lowest BCUT2D eigenvalue weighted by Gasteiger charge is -2.30. The van der Waals surface area contributed by atoms with E-state index < -0.39 is 0 Å². The molecule has 0 saturated carbocycles. The second-order valence-corrected chi connectivity index (χ2v) is 6.30. The number of hydrogen-bond donors (Lipinski definition) is 1.